The van der Waals surface area contributed by atoms with Gasteiger partial charge in [0, 0.05) is 17.1 Å². The molecule has 1 aliphatic heterocycles. The molecule has 8 heteroatoms. The van der Waals surface area contributed by atoms with E-state index in [1.807, 2.05) is 6.92 Å². The third-order valence-electron chi connectivity index (χ3n) is 3.60. The van der Waals surface area contributed by atoms with Gasteiger partial charge in [-0.1, -0.05) is 17.7 Å². The summed E-state index contributed by atoms with van der Waals surface area (Å²) in [5.41, 5.74) is 1.41. The lowest BCUT2D eigenvalue weighted by Gasteiger charge is -2.09. The zero-order valence-corrected chi connectivity index (χ0v) is 14.2. The fourth-order valence-electron chi connectivity index (χ4n) is 2.34. The van der Waals surface area contributed by atoms with Gasteiger partial charge in [-0.3, -0.25) is 9.59 Å². The Labute approximate surface area is 140 Å². The van der Waals surface area contributed by atoms with Gasteiger partial charge >= 0.3 is 5.97 Å². The Morgan fingerprint density at radius 1 is 1.39 bits per heavy atom. The molecule has 1 saturated heterocycles. The summed E-state index contributed by atoms with van der Waals surface area (Å²) in [5, 5.41) is 3.11. The summed E-state index contributed by atoms with van der Waals surface area (Å²) in [6, 6.07) is 5.08. The molecule has 0 spiro atoms. The number of amides is 1. The van der Waals surface area contributed by atoms with Crippen molar-refractivity contribution in [2.75, 3.05) is 23.4 Å². The molecule has 23 heavy (non-hydrogen) atoms. The maximum absolute atomic E-state index is 11.7. The van der Waals surface area contributed by atoms with Gasteiger partial charge in [0.25, 0.3) is 5.91 Å². The number of carbonyl (C=O) groups excluding carboxylic acids is 2. The van der Waals surface area contributed by atoms with Crippen LogP contribution in [0, 0.1) is 12.8 Å². The van der Waals surface area contributed by atoms with Crippen LogP contribution >= 0.6 is 11.6 Å². The number of nitrogens with one attached hydrogen (secondary N) is 1. The van der Waals surface area contributed by atoms with E-state index in [-0.39, 0.29) is 23.8 Å². The van der Waals surface area contributed by atoms with Gasteiger partial charge in [-0.15, -0.1) is 0 Å². The predicted octanol–water partition coefficient (Wildman–Crippen LogP) is 1.95. The van der Waals surface area contributed by atoms with E-state index in [4.69, 9.17) is 16.3 Å². The zero-order valence-electron chi connectivity index (χ0n) is 12.7. The molecule has 0 saturated carbocycles. The van der Waals surface area contributed by atoms with E-state index in [9.17, 15) is 18.0 Å². The number of aryl methyl sites for hydroxylation is 1. The molecule has 1 aliphatic rings. The van der Waals surface area contributed by atoms with Gasteiger partial charge in [-0.05, 0) is 37.0 Å². The van der Waals surface area contributed by atoms with Crippen LogP contribution in [0.3, 0.4) is 0 Å². The first-order chi connectivity index (χ1) is 10.7. The summed E-state index contributed by atoms with van der Waals surface area (Å²) in [7, 11) is -3.02. The highest BCUT2D eigenvalue weighted by atomic mass is 35.5. The van der Waals surface area contributed by atoms with Crippen LogP contribution < -0.4 is 5.32 Å². The summed E-state index contributed by atoms with van der Waals surface area (Å²) in [5.74, 6) is -1.14. The molecule has 1 atom stereocenters. The van der Waals surface area contributed by atoms with Gasteiger partial charge in [0.05, 0.1) is 11.5 Å². The van der Waals surface area contributed by atoms with Gasteiger partial charge in [-0.2, -0.15) is 0 Å². The summed E-state index contributed by atoms with van der Waals surface area (Å²) >= 11 is 5.96. The SMILES string of the molecule is Cc1ccc(NC(=O)COC(=O)C[C@H]2CCS(=O)(=O)C2)cc1Cl. The number of sulfone groups is 1. The minimum Gasteiger partial charge on any atom is -0.456 e. The number of carbonyl (C=O) groups is 2. The standard InChI is InChI=1S/C15H18ClNO5S/c1-10-2-3-12(7-13(10)16)17-14(18)8-22-15(19)6-11-4-5-23(20,21)9-11/h2-3,7,11H,4-6,8-9H2,1H3,(H,17,18)/t11-/m1/s1. The molecule has 126 valence electrons. The number of ether oxygens (including phenoxy) is 1. The molecule has 6 nitrogen and oxygen atoms in total. The smallest absolute Gasteiger partial charge is 0.306 e. The monoisotopic (exact) mass is 359 g/mol. The molecule has 2 rings (SSSR count). The van der Waals surface area contributed by atoms with E-state index in [1.165, 1.54) is 0 Å². The van der Waals surface area contributed by atoms with Crippen LogP contribution in [0.25, 0.3) is 0 Å². The Balaban J connectivity index is 1.75. The molecule has 1 aromatic rings. The minimum atomic E-state index is -3.02. The molecule has 0 bridgehead atoms. The first-order valence-electron chi connectivity index (χ1n) is 7.17. The second kappa shape index (κ2) is 7.31. The van der Waals surface area contributed by atoms with Gasteiger partial charge in [0.15, 0.2) is 16.4 Å². The van der Waals surface area contributed by atoms with Crippen molar-refractivity contribution < 1.29 is 22.7 Å². The van der Waals surface area contributed by atoms with Crippen LogP contribution in [0.2, 0.25) is 5.02 Å². The first-order valence-corrected chi connectivity index (χ1v) is 9.37. The third kappa shape index (κ3) is 5.51. The Morgan fingerprint density at radius 2 is 2.13 bits per heavy atom. The van der Waals surface area contributed by atoms with Crippen LogP contribution in [0.4, 0.5) is 5.69 Å². The molecule has 0 aromatic heterocycles. The van der Waals surface area contributed by atoms with Crippen molar-refractivity contribution in [3.8, 4) is 0 Å². The van der Waals surface area contributed by atoms with E-state index >= 15 is 0 Å². The molecule has 0 aliphatic carbocycles. The van der Waals surface area contributed by atoms with Crippen molar-refractivity contribution >= 4 is 39.0 Å². The second-order valence-electron chi connectivity index (χ2n) is 5.65. The van der Waals surface area contributed by atoms with E-state index in [0.29, 0.717) is 17.1 Å². The lowest BCUT2D eigenvalue weighted by molar-refractivity contribution is -0.148. The highest BCUT2D eigenvalue weighted by molar-refractivity contribution is 7.91. The second-order valence-corrected chi connectivity index (χ2v) is 8.28. The van der Waals surface area contributed by atoms with Crippen LogP contribution in [0.1, 0.15) is 18.4 Å². The van der Waals surface area contributed by atoms with Crippen molar-refractivity contribution in [1.82, 2.24) is 0 Å². The van der Waals surface area contributed by atoms with Crippen LogP contribution in [-0.2, 0) is 24.2 Å². The van der Waals surface area contributed by atoms with Crippen molar-refractivity contribution in [3.05, 3.63) is 28.8 Å². The molecule has 1 heterocycles. The maximum atomic E-state index is 11.7. The Morgan fingerprint density at radius 3 is 2.74 bits per heavy atom. The van der Waals surface area contributed by atoms with Gasteiger partial charge in [0.2, 0.25) is 0 Å². The molecule has 1 aromatic carbocycles. The summed E-state index contributed by atoms with van der Waals surface area (Å²) in [6.45, 7) is 1.43. The lowest BCUT2D eigenvalue weighted by atomic mass is 10.1. The molecular formula is C15H18ClNO5S. The molecular weight excluding hydrogens is 342 g/mol. The molecule has 1 amide bonds. The molecule has 0 radical (unpaired) electrons. The number of halogens is 1. The topological polar surface area (TPSA) is 89.5 Å². The number of benzene rings is 1. The Kier molecular flexibility index (Phi) is 5.64. The van der Waals surface area contributed by atoms with E-state index in [0.717, 1.165) is 5.56 Å². The molecule has 1 N–H and O–H groups in total. The predicted molar refractivity (Wildman–Crippen MR) is 87.2 cm³/mol. The fraction of sp³-hybridized carbons (Fsp3) is 0.467. The average molecular weight is 360 g/mol. The summed E-state index contributed by atoms with van der Waals surface area (Å²) in [4.78, 5) is 23.4. The number of hydrogen-bond donors (Lipinski definition) is 1. The average Bonchev–Trinajstić information content (AvgIpc) is 2.80. The van der Waals surface area contributed by atoms with E-state index in [2.05, 4.69) is 5.32 Å². The number of rotatable bonds is 5. The van der Waals surface area contributed by atoms with Crippen LogP contribution in [-0.4, -0.2) is 38.4 Å². The number of esters is 1. The fourth-order valence-corrected chi connectivity index (χ4v) is 4.38. The lowest BCUT2D eigenvalue weighted by Crippen LogP contribution is -2.22. The maximum Gasteiger partial charge on any atom is 0.306 e. The van der Waals surface area contributed by atoms with Gasteiger partial charge in [-0.25, -0.2) is 8.42 Å². The van der Waals surface area contributed by atoms with Crippen LogP contribution in [0.15, 0.2) is 18.2 Å². The first kappa shape index (κ1) is 17.7. The quantitative estimate of drug-likeness (QED) is 0.811. The Hall–Kier alpha value is -1.60. The van der Waals surface area contributed by atoms with E-state index < -0.39 is 28.3 Å². The minimum absolute atomic E-state index is 0.0101. The number of anilines is 1. The van der Waals surface area contributed by atoms with Gasteiger partial charge < -0.3 is 10.1 Å². The third-order valence-corrected chi connectivity index (χ3v) is 5.85. The highest BCUT2D eigenvalue weighted by Gasteiger charge is 2.29. The summed E-state index contributed by atoms with van der Waals surface area (Å²) < 4.78 is 27.5. The van der Waals surface area contributed by atoms with Crippen molar-refractivity contribution in [3.63, 3.8) is 0 Å². The Bertz CT molecular complexity index is 717. The summed E-state index contributed by atoms with van der Waals surface area (Å²) in [6.07, 6.45) is 0.481. The normalized spacial score (nSPS) is 19.3. The van der Waals surface area contributed by atoms with Gasteiger partial charge in [0.1, 0.15) is 0 Å². The zero-order chi connectivity index (χ0) is 17.0. The van der Waals surface area contributed by atoms with Crippen molar-refractivity contribution in [1.29, 1.82) is 0 Å². The largest absolute Gasteiger partial charge is 0.456 e. The van der Waals surface area contributed by atoms with Crippen molar-refractivity contribution in [2.45, 2.75) is 19.8 Å². The molecule has 0 unspecified atom stereocenters. The molecule has 1 fully saturated rings. The van der Waals surface area contributed by atoms with E-state index in [1.54, 1.807) is 18.2 Å². The van der Waals surface area contributed by atoms with Crippen molar-refractivity contribution in [2.24, 2.45) is 5.92 Å². The highest BCUT2D eigenvalue weighted by Crippen LogP contribution is 2.22. The van der Waals surface area contributed by atoms with Crippen LogP contribution in [0.5, 0.6) is 0 Å². The number of hydrogen-bond acceptors (Lipinski definition) is 5.